The number of nitrogens with one attached hydrogen (secondary N) is 1. The maximum Gasteiger partial charge on any atom is 0.219 e. The Labute approximate surface area is 124 Å². The zero-order valence-corrected chi connectivity index (χ0v) is 12.5. The van der Waals surface area contributed by atoms with Gasteiger partial charge in [0.05, 0.1) is 6.10 Å². The normalized spacial score (nSPS) is 25.8. The van der Waals surface area contributed by atoms with Crippen molar-refractivity contribution in [1.82, 2.24) is 15.4 Å². The van der Waals surface area contributed by atoms with Crippen molar-refractivity contribution in [2.24, 2.45) is 0 Å². The van der Waals surface area contributed by atoms with Crippen LogP contribution in [0.4, 0.5) is 0 Å². The number of rotatable bonds is 4. The van der Waals surface area contributed by atoms with Crippen LogP contribution in [0.1, 0.15) is 43.2 Å². The molecular formula is C15H23N3O3. The first-order chi connectivity index (χ1) is 10.2. The fourth-order valence-electron chi connectivity index (χ4n) is 3.21. The molecule has 1 unspecified atom stereocenters. The summed E-state index contributed by atoms with van der Waals surface area (Å²) in [6.07, 6.45) is 3.68. The summed E-state index contributed by atoms with van der Waals surface area (Å²) in [5.41, 5.74) is 2.12. The second kappa shape index (κ2) is 6.15. The van der Waals surface area contributed by atoms with E-state index in [0.29, 0.717) is 13.0 Å². The molecule has 0 spiro atoms. The van der Waals surface area contributed by atoms with E-state index in [2.05, 4.69) is 15.4 Å². The summed E-state index contributed by atoms with van der Waals surface area (Å²) >= 11 is 0. The van der Waals surface area contributed by atoms with Crippen LogP contribution in [0.15, 0.2) is 4.52 Å². The number of nitrogens with zero attached hydrogens (tertiary/aromatic N) is 2. The zero-order chi connectivity index (χ0) is 14.8. The number of aromatic nitrogens is 1. The lowest BCUT2D eigenvalue weighted by atomic mass is 9.92. The van der Waals surface area contributed by atoms with Gasteiger partial charge >= 0.3 is 0 Å². The van der Waals surface area contributed by atoms with Gasteiger partial charge in [-0.1, -0.05) is 12.1 Å². The number of β-amino-alcohol motifs (C(OH)–C–C–N with tert-alkyl or cyclic N) is 1. The van der Waals surface area contributed by atoms with Gasteiger partial charge in [-0.05, 0) is 19.3 Å². The minimum atomic E-state index is -0.218. The largest absolute Gasteiger partial charge is 0.392 e. The lowest BCUT2D eigenvalue weighted by Crippen LogP contribution is -2.38. The molecule has 6 nitrogen and oxygen atoms in total. The predicted octanol–water partition coefficient (Wildman–Crippen LogP) is 0.625. The topological polar surface area (TPSA) is 78.6 Å². The third-order valence-corrected chi connectivity index (χ3v) is 4.43. The number of hydrogen-bond donors (Lipinski definition) is 2. The summed E-state index contributed by atoms with van der Waals surface area (Å²) in [6, 6.07) is 0.187. The number of fused-ring (bicyclic) bond motifs is 1. The number of carbonyl (C=O) groups excluding carboxylic acids is 1. The molecule has 0 saturated carbocycles. The number of aliphatic hydroxyl groups excluding tert-OH is 1. The average molecular weight is 293 g/mol. The number of amides is 1. The highest BCUT2D eigenvalue weighted by atomic mass is 16.5. The number of aliphatic hydroxyl groups is 1. The Morgan fingerprint density at radius 3 is 3.10 bits per heavy atom. The molecule has 1 aromatic heterocycles. The highest BCUT2D eigenvalue weighted by molar-refractivity contribution is 5.75. The molecule has 21 heavy (non-hydrogen) atoms. The monoisotopic (exact) mass is 293 g/mol. The van der Waals surface area contributed by atoms with E-state index in [-0.39, 0.29) is 18.1 Å². The summed E-state index contributed by atoms with van der Waals surface area (Å²) in [7, 11) is 0. The molecule has 0 bridgehead atoms. The molecule has 2 aliphatic rings. The molecular weight excluding hydrogens is 270 g/mol. The molecule has 2 N–H and O–H groups in total. The van der Waals surface area contributed by atoms with E-state index in [9.17, 15) is 9.90 Å². The van der Waals surface area contributed by atoms with Gasteiger partial charge in [0.2, 0.25) is 5.91 Å². The van der Waals surface area contributed by atoms with E-state index in [1.165, 1.54) is 0 Å². The smallest absolute Gasteiger partial charge is 0.219 e. The zero-order valence-electron chi connectivity index (χ0n) is 12.5. The lowest BCUT2D eigenvalue weighted by molar-refractivity contribution is -0.121. The summed E-state index contributed by atoms with van der Waals surface area (Å²) in [4.78, 5) is 13.7. The van der Waals surface area contributed by atoms with E-state index < -0.39 is 0 Å². The molecule has 1 aromatic rings. The van der Waals surface area contributed by atoms with Crippen molar-refractivity contribution in [3.63, 3.8) is 0 Å². The minimum absolute atomic E-state index is 0.101. The Kier molecular flexibility index (Phi) is 4.26. The third kappa shape index (κ3) is 3.27. The fraction of sp³-hybridized carbons (Fsp3) is 0.733. The van der Waals surface area contributed by atoms with Crippen molar-refractivity contribution in [1.29, 1.82) is 0 Å². The Hall–Kier alpha value is -1.40. The number of hydrogen-bond acceptors (Lipinski definition) is 5. The van der Waals surface area contributed by atoms with Gasteiger partial charge in [0.25, 0.3) is 0 Å². The first-order valence-corrected chi connectivity index (χ1v) is 7.81. The highest BCUT2D eigenvalue weighted by Gasteiger charge is 2.28. The third-order valence-electron chi connectivity index (χ3n) is 4.43. The number of aryl methyl sites for hydroxylation is 1. The van der Waals surface area contributed by atoms with Crippen LogP contribution in [0.3, 0.4) is 0 Å². The van der Waals surface area contributed by atoms with Gasteiger partial charge in [-0.25, -0.2) is 0 Å². The van der Waals surface area contributed by atoms with Crippen LogP contribution in [-0.4, -0.2) is 46.3 Å². The van der Waals surface area contributed by atoms with E-state index in [1.54, 1.807) is 0 Å². The molecule has 2 heterocycles. The molecule has 0 aromatic carbocycles. The van der Waals surface area contributed by atoms with Crippen molar-refractivity contribution in [2.45, 2.75) is 57.7 Å². The average Bonchev–Trinajstić information content (AvgIpc) is 3.06. The SMILES string of the molecule is CCC(=O)NC1CCc2onc(CN3CC[C@@H](O)C3)c2C1. The Morgan fingerprint density at radius 2 is 2.38 bits per heavy atom. The maximum atomic E-state index is 11.5. The predicted molar refractivity (Wildman–Crippen MR) is 76.7 cm³/mol. The Bertz CT molecular complexity index is 514. The lowest BCUT2D eigenvalue weighted by Gasteiger charge is -2.23. The van der Waals surface area contributed by atoms with Crippen LogP contribution in [0.5, 0.6) is 0 Å². The number of carbonyl (C=O) groups is 1. The van der Waals surface area contributed by atoms with Gasteiger partial charge in [0.1, 0.15) is 11.5 Å². The van der Waals surface area contributed by atoms with Crippen LogP contribution in [0.25, 0.3) is 0 Å². The molecule has 1 aliphatic carbocycles. The van der Waals surface area contributed by atoms with E-state index >= 15 is 0 Å². The van der Waals surface area contributed by atoms with Crippen LogP contribution < -0.4 is 5.32 Å². The summed E-state index contributed by atoms with van der Waals surface area (Å²) < 4.78 is 5.45. The molecule has 116 valence electrons. The van der Waals surface area contributed by atoms with Gasteiger partial charge in [-0.15, -0.1) is 0 Å². The number of likely N-dealkylation sites (tertiary alicyclic amines) is 1. The second-order valence-electron chi connectivity index (χ2n) is 6.07. The summed E-state index contributed by atoms with van der Waals surface area (Å²) in [5, 5.41) is 16.9. The molecule has 1 fully saturated rings. The highest BCUT2D eigenvalue weighted by Crippen LogP contribution is 2.26. The fourth-order valence-corrected chi connectivity index (χ4v) is 3.21. The van der Waals surface area contributed by atoms with Gasteiger partial charge < -0.3 is 14.9 Å². The van der Waals surface area contributed by atoms with Crippen molar-refractivity contribution in [2.75, 3.05) is 13.1 Å². The quantitative estimate of drug-likeness (QED) is 0.851. The van der Waals surface area contributed by atoms with Crippen molar-refractivity contribution in [3.8, 4) is 0 Å². The standard InChI is InChI=1S/C15H23N3O3/c1-2-15(20)16-10-3-4-14-12(7-10)13(17-21-14)9-18-6-5-11(19)8-18/h10-11,19H,2-9H2,1H3,(H,16,20)/t10?,11-/m1/s1. The van der Waals surface area contributed by atoms with E-state index in [1.807, 2.05) is 6.92 Å². The Balaban J connectivity index is 1.66. The molecule has 0 radical (unpaired) electrons. The van der Waals surface area contributed by atoms with Crippen LogP contribution in [-0.2, 0) is 24.2 Å². The first-order valence-electron chi connectivity index (χ1n) is 7.81. The van der Waals surface area contributed by atoms with E-state index in [0.717, 1.165) is 55.8 Å². The van der Waals surface area contributed by atoms with Gasteiger partial charge in [-0.3, -0.25) is 9.69 Å². The van der Waals surface area contributed by atoms with Crippen molar-refractivity contribution in [3.05, 3.63) is 17.0 Å². The van der Waals surface area contributed by atoms with Gasteiger partial charge in [0.15, 0.2) is 0 Å². The van der Waals surface area contributed by atoms with Crippen molar-refractivity contribution >= 4 is 5.91 Å². The summed E-state index contributed by atoms with van der Waals surface area (Å²) in [5.74, 6) is 1.07. The minimum Gasteiger partial charge on any atom is -0.392 e. The van der Waals surface area contributed by atoms with Crippen LogP contribution in [0, 0.1) is 0 Å². The van der Waals surface area contributed by atoms with Crippen molar-refractivity contribution < 1.29 is 14.4 Å². The van der Waals surface area contributed by atoms with Crippen LogP contribution >= 0.6 is 0 Å². The molecule has 1 amide bonds. The maximum absolute atomic E-state index is 11.5. The van der Waals surface area contributed by atoms with Gasteiger partial charge in [0, 0.05) is 44.1 Å². The molecule has 3 rings (SSSR count). The molecule has 1 saturated heterocycles. The van der Waals surface area contributed by atoms with Crippen LogP contribution in [0.2, 0.25) is 0 Å². The second-order valence-corrected chi connectivity index (χ2v) is 6.07. The van der Waals surface area contributed by atoms with Gasteiger partial charge in [-0.2, -0.15) is 0 Å². The summed E-state index contributed by atoms with van der Waals surface area (Å²) in [6.45, 7) is 4.20. The molecule has 2 atom stereocenters. The first kappa shape index (κ1) is 14.5. The Morgan fingerprint density at radius 1 is 1.52 bits per heavy atom. The molecule has 6 heteroatoms. The van der Waals surface area contributed by atoms with E-state index in [4.69, 9.17) is 4.52 Å². The molecule has 1 aliphatic heterocycles.